The lowest BCUT2D eigenvalue weighted by molar-refractivity contribution is -0.255. The zero-order valence-electron chi connectivity index (χ0n) is 12.0. The van der Waals surface area contributed by atoms with E-state index in [-0.39, 0.29) is 18.1 Å². The molecule has 22 heavy (non-hydrogen) atoms. The summed E-state index contributed by atoms with van der Waals surface area (Å²) in [6.07, 6.45) is 0. The third-order valence-electron chi connectivity index (χ3n) is 3.00. The minimum atomic E-state index is -1.23. The van der Waals surface area contributed by atoms with Crippen LogP contribution in [0.5, 0.6) is 5.75 Å². The number of nitrogens with one attached hydrogen (secondary N) is 2. The van der Waals surface area contributed by atoms with Gasteiger partial charge in [-0.3, -0.25) is 0 Å². The van der Waals surface area contributed by atoms with Crippen LogP contribution in [0.3, 0.4) is 0 Å². The van der Waals surface area contributed by atoms with Crippen LogP contribution in [0, 0.1) is 0 Å². The second-order valence-electron chi connectivity index (χ2n) is 4.49. The van der Waals surface area contributed by atoms with Crippen LogP contribution in [0.15, 0.2) is 48.5 Å². The maximum Gasteiger partial charge on any atom is 0.319 e. The van der Waals surface area contributed by atoms with E-state index in [9.17, 15) is 14.7 Å². The molecule has 0 aliphatic rings. The maximum absolute atomic E-state index is 11.8. The van der Waals surface area contributed by atoms with Crippen molar-refractivity contribution in [3.63, 3.8) is 0 Å². The number of anilines is 1. The van der Waals surface area contributed by atoms with Gasteiger partial charge in [0.25, 0.3) is 0 Å². The lowest BCUT2D eigenvalue weighted by Gasteiger charge is -2.11. The number of carbonyl (C=O) groups excluding carboxylic acids is 2. The van der Waals surface area contributed by atoms with Crippen molar-refractivity contribution < 1.29 is 19.4 Å². The molecule has 2 rings (SSSR count). The van der Waals surface area contributed by atoms with Gasteiger partial charge in [0.1, 0.15) is 5.75 Å². The van der Waals surface area contributed by atoms with Crippen LogP contribution in [-0.2, 0) is 6.54 Å². The van der Waals surface area contributed by atoms with E-state index in [1.165, 1.54) is 19.2 Å². The Bertz CT molecular complexity index is 668. The molecule has 2 amide bonds. The number of hydrogen-bond acceptors (Lipinski definition) is 4. The Balaban J connectivity index is 1.91. The first kappa shape index (κ1) is 15.4. The summed E-state index contributed by atoms with van der Waals surface area (Å²) < 4.78 is 5.14. The Morgan fingerprint density at radius 3 is 2.41 bits per heavy atom. The van der Waals surface area contributed by atoms with Gasteiger partial charge in [0.2, 0.25) is 0 Å². The summed E-state index contributed by atoms with van der Waals surface area (Å²) in [5.74, 6) is -0.663. The molecular weight excluding hydrogens is 284 g/mol. The smallest absolute Gasteiger partial charge is 0.319 e. The SMILES string of the molecule is COc1ccccc1NC(=O)NCc1ccc(C(=O)[O-])cc1. The minimum absolute atomic E-state index is 0.0993. The summed E-state index contributed by atoms with van der Waals surface area (Å²) in [4.78, 5) is 22.5. The van der Waals surface area contributed by atoms with Gasteiger partial charge in [0, 0.05) is 6.54 Å². The predicted octanol–water partition coefficient (Wildman–Crippen LogP) is 1.38. The van der Waals surface area contributed by atoms with Crippen LogP contribution >= 0.6 is 0 Å². The monoisotopic (exact) mass is 299 g/mol. The molecule has 0 saturated heterocycles. The van der Waals surface area contributed by atoms with Crippen molar-refractivity contribution in [1.82, 2.24) is 5.32 Å². The molecule has 2 aromatic carbocycles. The molecule has 0 aliphatic carbocycles. The summed E-state index contributed by atoms with van der Waals surface area (Å²) in [6, 6.07) is 12.8. The highest BCUT2D eigenvalue weighted by Gasteiger charge is 2.06. The van der Waals surface area contributed by atoms with E-state index in [2.05, 4.69) is 10.6 Å². The molecule has 0 radical (unpaired) electrons. The van der Waals surface area contributed by atoms with Gasteiger partial charge in [-0.15, -0.1) is 0 Å². The lowest BCUT2D eigenvalue weighted by Crippen LogP contribution is -2.28. The Morgan fingerprint density at radius 1 is 1.09 bits per heavy atom. The molecule has 0 saturated carbocycles. The van der Waals surface area contributed by atoms with Crippen LogP contribution in [-0.4, -0.2) is 19.1 Å². The molecule has 6 nitrogen and oxygen atoms in total. The van der Waals surface area contributed by atoms with Gasteiger partial charge in [-0.2, -0.15) is 0 Å². The third-order valence-corrected chi connectivity index (χ3v) is 3.00. The van der Waals surface area contributed by atoms with Gasteiger partial charge < -0.3 is 25.3 Å². The minimum Gasteiger partial charge on any atom is -0.545 e. The van der Waals surface area contributed by atoms with E-state index in [0.29, 0.717) is 11.4 Å². The fraction of sp³-hybridized carbons (Fsp3) is 0.125. The Hall–Kier alpha value is -3.02. The molecule has 0 atom stereocenters. The molecule has 0 unspecified atom stereocenters. The molecule has 2 aromatic rings. The predicted molar refractivity (Wildman–Crippen MR) is 79.6 cm³/mol. The number of aromatic carboxylic acids is 1. The van der Waals surface area contributed by atoms with Crippen molar-refractivity contribution in [2.75, 3.05) is 12.4 Å². The third kappa shape index (κ3) is 3.99. The zero-order chi connectivity index (χ0) is 15.9. The largest absolute Gasteiger partial charge is 0.545 e. The summed E-state index contributed by atoms with van der Waals surface area (Å²) >= 11 is 0. The molecule has 0 aromatic heterocycles. The molecule has 0 spiro atoms. The van der Waals surface area contributed by atoms with Crippen LogP contribution in [0.2, 0.25) is 0 Å². The van der Waals surface area contributed by atoms with Gasteiger partial charge in [0.05, 0.1) is 18.8 Å². The first-order valence-corrected chi connectivity index (χ1v) is 6.58. The Kier molecular flexibility index (Phi) is 4.98. The number of para-hydroxylation sites is 2. The highest BCUT2D eigenvalue weighted by Crippen LogP contribution is 2.22. The number of amides is 2. The van der Waals surface area contributed by atoms with Crippen molar-refractivity contribution in [1.29, 1.82) is 0 Å². The number of benzene rings is 2. The number of carbonyl (C=O) groups is 2. The van der Waals surface area contributed by atoms with Crippen molar-refractivity contribution in [2.45, 2.75) is 6.54 Å². The fourth-order valence-corrected chi connectivity index (χ4v) is 1.86. The average molecular weight is 299 g/mol. The number of ether oxygens (including phenoxy) is 1. The van der Waals surface area contributed by atoms with Gasteiger partial charge in [-0.05, 0) is 23.3 Å². The van der Waals surface area contributed by atoms with Gasteiger partial charge in [-0.1, -0.05) is 36.4 Å². The highest BCUT2D eigenvalue weighted by atomic mass is 16.5. The normalized spacial score (nSPS) is 9.86. The number of methoxy groups -OCH3 is 1. The second-order valence-corrected chi connectivity index (χ2v) is 4.49. The van der Waals surface area contributed by atoms with Crippen molar-refractivity contribution >= 4 is 17.7 Å². The average Bonchev–Trinajstić information content (AvgIpc) is 2.54. The molecule has 0 fully saturated rings. The van der Waals surface area contributed by atoms with E-state index >= 15 is 0 Å². The quantitative estimate of drug-likeness (QED) is 0.872. The molecular formula is C16H15N2O4-. The molecule has 2 N–H and O–H groups in total. The van der Waals surface area contributed by atoms with Crippen LogP contribution in [0.1, 0.15) is 15.9 Å². The number of carboxylic acids is 1. The lowest BCUT2D eigenvalue weighted by atomic mass is 10.1. The van der Waals surface area contributed by atoms with E-state index in [1.807, 2.05) is 0 Å². The molecule has 0 bridgehead atoms. The number of urea groups is 1. The van der Waals surface area contributed by atoms with Crippen molar-refractivity contribution in [3.05, 3.63) is 59.7 Å². The summed E-state index contributed by atoms with van der Waals surface area (Å²) in [5.41, 5.74) is 1.44. The fourth-order valence-electron chi connectivity index (χ4n) is 1.86. The van der Waals surface area contributed by atoms with Gasteiger partial charge in [0.15, 0.2) is 0 Å². The summed E-state index contributed by atoms with van der Waals surface area (Å²) in [5, 5.41) is 16.0. The number of rotatable bonds is 5. The molecule has 0 aliphatic heterocycles. The standard InChI is InChI=1S/C16H16N2O4/c1-22-14-5-3-2-4-13(14)18-16(21)17-10-11-6-8-12(9-7-11)15(19)20/h2-9H,10H2,1H3,(H,19,20)(H2,17,18,21)/p-1. The molecule has 6 heteroatoms. The van der Waals surface area contributed by atoms with Crippen LogP contribution < -0.4 is 20.5 Å². The number of hydrogen-bond donors (Lipinski definition) is 2. The number of carboxylic acid groups (broad SMARTS) is 1. The van der Waals surface area contributed by atoms with E-state index in [4.69, 9.17) is 4.74 Å². The highest BCUT2D eigenvalue weighted by molar-refractivity contribution is 5.90. The Labute approximate surface area is 127 Å². The van der Waals surface area contributed by atoms with Crippen molar-refractivity contribution in [2.24, 2.45) is 0 Å². The van der Waals surface area contributed by atoms with Gasteiger partial charge in [-0.25, -0.2) is 4.79 Å². The van der Waals surface area contributed by atoms with E-state index in [1.54, 1.807) is 36.4 Å². The zero-order valence-corrected chi connectivity index (χ0v) is 12.0. The summed E-state index contributed by atoms with van der Waals surface area (Å²) in [7, 11) is 1.53. The van der Waals surface area contributed by atoms with Crippen molar-refractivity contribution in [3.8, 4) is 5.75 Å². The van der Waals surface area contributed by atoms with Gasteiger partial charge >= 0.3 is 6.03 Å². The Morgan fingerprint density at radius 2 is 1.77 bits per heavy atom. The molecule has 0 heterocycles. The topological polar surface area (TPSA) is 90.5 Å². The first-order chi connectivity index (χ1) is 10.6. The van der Waals surface area contributed by atoms with Crippen LogP contribution in [0.25, 0.3) is 0 Å². The van der Waals surface area contributed by atoms with E-state index in [0.717, 1.165) is 5.56 Å². The van der Waals surface area contributed by atoms with Crippen LogP contribution in [0.4, 0.5) is 10.5 Å². The first-order valence-electron chi connectivity index (χ1n) is 6.58. The van der Waals surface area contributed by atoms with E-state index < -0.39 is 5.97 Å². The summed E-state index contributed by atoms with van der Waals surface area (Å²) in [6.45, 7) is 0.272. The maximum atomic E-state index is 11.8. The second kappa shape index (κ2) is 7.12. The molecule has 114 valence electrons.